The number of alkyl halides is 3. The molecule has 20 heavy (non-hydrogen) atoms. The van der Waals surface area contributed by atoms with Crippen LogP contribution in [-0.2, 0) is 12.6 Å². The highest BCUT2D eigenvalue weighted by Crippen LogP contribution is 2.37. The molecule has 4 heteroatoms. The first-order valence-electron chi connectivity index (χ1n) is 6.33. The van der Waals surface area contributed by atoms with Crippen molar-refractivity contribution < 1.29 is 13.2 Å². The van der Waals surface area contributed by atoms with Gasteiger partial charge in [0, 0.05) is 24.2 Å². The maximum Gasteiger partial charge on any atom is 0.416 e. The van der Waals surface area contributed by atoms with Crippen molar-refractivity contribution >= 4 is 6.08 Å². The SMILES string of the molecule is FC(F)(F)c1ccc2c(c1)C=CC2Cc1ccccn1. The lowest BCUT2D eigenvalue weighted by Gasteiger charge is -2.13. The van der Waals surface area contributed by atoms with Crippen LogP contribution in [0.5, 0.6) is 0 Å². The molecule has 1 heterocycles. The van der Waals surface area contributed by atoms with Crippen LogP contribution in [0.2, 0.25) is 0 Å². The van der Waals surface area contributed by atoms with Crippen LogP contribution in [0.15, 0.2) is 48.7 Å². The van der Waals surface area contributed by atoms with Gasteiger partial charge >= 0.3 is 6.18 Å². The first-order valence-corrected chi connectivity index (χ1v) is 6.33. The van der Waals surface area contributed by atoms with E-state index in [0.29, 0.717) is 12.0 Å². The predicted molar refractivity (Wildman–Crippen MR) is 71.2 cm³/mol. The summed E-state index contributed by atoms with van der Waals surface area (Å²) in [5.74, 6) is 0.0992. The summed E-state index contributed by atoms with van der Waals surface area (Å²) in [6.07, 6.45) is 1.84. The molecule has 0 saturated carbocycles. The van der Waals surface area contributed by atoms with Crippen molar-refractivity contribution in [3.8, 4) is 0 Å². The van der Waals surface area contributed by atoms with Gasteiger partial charge in [0.1, 0.15) is 0 Å². The monoisotopic (exact) mass is 275 g/mol. The summed E-state index contributed by atoms with van der Waals surface area (Å²) in [5.41, 5.74) is 1.93. The Morgan fingerprint density at radius 1 is 1.10 bits per heavy atom. The van der Waals surface area contributed by atoms with Crippen LogP contribution in [0.25, 0.3) is 6.08 Å². The van der Waals surface area contributed by atoms with E-state index in [1.165, 1.54) is 6.07 Å². The van der Waals surface area contributed by atoms with Gasteiger partial charge in [-0.3, -0.25) is 4.98 Å². The van der Waals surface area contributed by atoms with Crippen LogP contribution in [0.4, 0.5) is 13.2 Å². The zero-order chi connectivity index (χ0) is 14.2. The molecule has 102 valence electrons. The number of allylic oxidation sites excluding steroid dienone is 1. The highest BCUT2D eigenvalue weighted by atomic mass is 19.4. The van der Waals surface area contributed by atoms with E-state index < -0.39 is 11.7 Å². The largest absolute Gasteiger partial charge is 0.416 e. The van der Waals surface area contributed by atoms with Gasteiger partial charge in [-0.2, -0.15) is 13.2 Å². The molecule has 1 aliphatic rings. The van der Waals surface area contributed by atoms with Crippen molar-refractivity contribution in [2.75, 3.05) is 0 Å². The van der Waals surface area contributed by atoms with Crippen molar-refractivity contribution in [1.29, 1.82) is 0 Å². The van der Waals surface area contributed by atoms with Crippen LogP contribution in [0, 0.1) is 0 Å². The molecule has 1 aromatic carbocycles. The minimum atomic E-state index is -4.29. The molecular weight excluding hydrogens is 263 g/mol. The van der Waals surface area contributed by atoms with Crippen LogP contribution in [-0.4, -0.2) is 4.98 Å². The van der Waals surface area contributed by atoms with Crippen molar-refractivity contribution in [3.63, 3.8) is 0 Å². The maximum atomic E-state index is 12.7. The van der Waals surface area contributed by atoms with Gasteiger partial charge in [-0.15, -0.1) is 0 Å². The molecule has 0 spiro atoms. The van der Waals surface area contributed by atoms with Gasteiger partial charge in [0.05, 0.1) is 5.56 Å². The number of hydrogen-bond acceptors (Lipinski definition) is 1. The van der Waals surface area contributed by atoms with E-state index in [1.807, 2.05) is 24.3 Å². The highest BCUT2D eigenvalue weighted by molar-refractivity contribution is 5.63. The molecule has 2 aromatic rings. The van der Waals surface area contributed by atoms with Crippen molar-refractivity contribution in [2.24, 2.45) is 0 Å². The Hall–Kier alpha value is -2.10. The van der Waals surface area contributed by atoms with Gasteiger partial charge in [-0.05, 0) is 35.4 Å². The zero-order valence-electron chi connectivity index (χ0n) is 10.6. The molecule has 1 aromatic heterocycles. The van der Waals surface area contributed by atoms with Gasteiger partial charge < -0.3 is 0 Å². The van der Waals surface area contributed by atoms with Crippen LogP contribution >= 0.6 is 0 Å². The van der Waals surface area contributed by atoms with Crippen molar-refractivity contribution in [1.82, 2.24) is 4.98 Å². The Bertz CT molecular complexity index is 645. The second-order valence-corrected chi connectivity index (χ2v) is 4.83. The lowest BCUT2D eigenvalue weighted by molar-refractivity contribution is -0.137. The third-order valence-corrected chi connectivity index (χ3v) is 3.48. The molecule has 0 radical (unpaired) electrons. The van der Waals surface area contributed by atoms with E-state index in [1.54, 1.807) is 18.3 Å². The zero-order valence-corrected chi connectivity index (χ0v) is 10.6. The molecule has 0 bridgehead atoms. The minimum Gasteiger partial charge on any atom is -0.261 e. The topological polar surface area (TPSA) is 12.9 Å². The second kappa shape index (κ2) is 4.78. The molecule has 1 atom stereocenters. The maximum absolute atomic E-state index is 12.7. The lowest BCUT2D eigenvalue weighted by Crippen LogP contribution is -2.06. The van der Waals surface area contributed by atoms with Crippen LogP contribution < -0.4 is 0 Å². The summed E-state index contributed by atoms with van der Waals surface area (Å²) in [6, 6.07) is 9.62. The summed E-state index contributed by atoms with van der Waals surface area (Å²) in [4.78, 5) is 4.26. The number of pyridine rings is 1. The number of benzene rings is 1. The van der Waals surface area contributed by atoms with E-state index in [9.17, 15) is 13.2 Å². The van der Waals surface area contributed by atoms with Gasteiger partial charge in [0.2, 0.25) is 0 Å². The molecule has 1 unspecified atom stereocenters. The Labute approximate surface area is 114 Å². The fourth-order valence-electron chi connectivity index (χ4n) is 2.48. The summed E-state index contributed by atoms with van der Waals surface area (Å²) in [5, 5.41) is 0. The quantitative estimate of drug-likeness (QED) is 0.789. The van der Waals surface area contributed by atoms with E-state index in [2.05, 4.69) is 4.98 Å². The van der Waals surface area contributed by atoms with Crippen molar-refractivity contribution in [2.45, 2.75) is 18.5 Å². The van der Waals surface area contributed by atoms with E-state index in [0.717, 1.165) is 17.3 Å². The normalized spacial score (nSPS) is 17.2. The lowest BCUT2D eigenvalue weighted by atomic mass is 9.94. The average molecular weight is 275 g/mol. The number of aromatic nitrogens is 1. The van der Waals surface area contributed by atoms with Gasteiger partial charge in [-0.25, -0.2) is 0 Å². The molecule has 0 aliphatic heterocycles. The highest BCUT2D eigenvalue weighted by Gasteiger charge is 2.31. The van der Waals surface area contributed by atoms with E-state index >= 15 is 0 Å². The van der Waals surface area contributed by atoms with Gasteiger partial charge in [0.25, 0.3) is 0 Å². The van der Waals surface area contributed by atoms with Crippen LogP contribution in [0.1, 0.15) is 28.3 Å². The summed E-state index contributed by atoms with van der Waals surface area (Å²) < 4.78 is 38.0. The van der Waals surface area contributed by atoms with E-state index in [4.69, 9.17) is 0 Å². The van der Waals surface area contributed by atoms with Gasteiger partial charge in [-0.1, -0.05) is 24.3 Å². The molecule has 0 amide bonds. The third-order valence-electron chi connectivity index (χ3n) is 3.48. The standard InChI is InChI=1S/C16H12F3N/c17-16(18,19)13-6-7-15-11(9-13)4-5-12(15)10-14-3-1-2-8-20-14/h1-9,12H,10H2. The minimum absolute atomic E-state index is 0.0992. The van der Waals surface area contributed by atoms with Crippen molar-refractivity contribution in [3.05, 3.63) is 71.1 Å². The molecule has 1 nitrogen and oxygen atoms in total. The molecule has 1 aliphatic carbocycles. The molecular formula is C16H12F3N. The molecule has 0 N–H and O–H groups in total. The predicted octanol–water partition coefficient (Wildman–Crippen LogP) is 4.45. The smallest absolute Gasteiger partial charge is 0.261 e. The molecule has 0 saturated heterocycles. The number of nitrogens with zero attached hydrogens (tertiary/aromatic N) is 1. The third kappa shape index (κ3) is 2.46. The summed E-state index contributed by atoms with van der Waals surface area (Å²) in [6.45, 7) is 0. The summed E-state index contributed by atoms with van der Waals surface area (Å²) >= 11 is 0. The Kier molecular flexibility index (Phi) is 3.08. The first-order chi connectivity index (χ1) is 9.54. The number of fused-ring (bicyclic) bond motifs is 1. The van der Waals surface area contributed by atoms with Crippen LogP contribution in [0.3, 0.4) is 0 Å². The van der Waals surface area contributed by atoms with E-state index in [-0.39, 0.29) is 5.92 Å². The second-order valence-electron chi connectivity index (χ2n) is 4.83. The number of rotatable bonds is 2. The van der Waals surface area contributed by atoms with Gasteiger partial charge in [0.15, 0.2) is 0 Å². The fourth-order valence-corrected chi connectivity index (χ4v) is 2.48. The summed E-state index contributed by atoms with van der Waals surface area (Å²) in [7, 11) is 0. The first kappa shape index (κ1) is 12.9. The Morgan fingerprint density at radius 3 is 2.65 bits per heavy atom. The molecule has 0 fully saturated rings. The Balaban J connectivity index is 1.87. The number of halogens is 3. The molecule has 3 rings (SSSR count). The fraction of sp³-hybridized carbons (Fsp3) is 0.188. The average Bonchev–Trinajstić information content (AvgIpc) is 2.81. The number of hydrogen-bond donors (Lipinski definition) is 0. The Morgan fingerprint density at radius 2 is 1.95 bits per heavy atom.